The van der Waals surface area contributed by atoms with Gasteiger partial charge in [-0.25, -0.2) is 13.8 Å². The highest BCUT2D eigenvalue weighted by atomic mass is 35.5. The molecular weight excluding hydrogens is 579 g/mol. The first-order valence-electron chi connectivity index (χ1n) is 12.1. The number of sulfonamides is 1. The van der Waals surface area contributed by atoms with Crippen molar-refractivity contribution in [2.45, 2.75) is 17.7 Å². The van der Waals surface area contributed by atoms with E-state index in [9.17, 15) is 26.4 Å². The molecule has 4 aromatic carbocycles. The molecule has 0 fully saturated rings. The van der Waals surface area contributed by atoms with E-state index in [-0.39, 0.29) is 9.92 Å². The lowest BCUT2D eigenvalue weighted by atomic mass is 10.2. The summed E-state index contributed by atoms with van der Waals surface area (Å²) in [5.41, 5.74) is 2.06. The smallest absolute Gasteiger partial charge is 0.416 e. The number of amides is 1. The van der Waals surface area contributed by atoms with Crippen molar-refractivity contribution in [1.29, 1.82) is 0 Å². The molecule has 0 saturated carbocycles. The Bertz CT molecular complexity index is 1630. The summed E-state index contributed by atoms with van der Waals surface area (Å²) >= 11 is 6.15. The number of carbonyl (C=O) groups is 1. The molecule has 1 amide bonds. The van der Waals surface area contributed by atoms with E-state index in [1.165, 1.54) is 30.5 Å². The number of hydrazone groups is 1. The number of hydrogen-bond donors (Lipinski definition) is 1. The van der Waals surface area contributed by atoms with Crippen LogP contribution in [-0.4, -0.2) is 27.1 Å². The Morgan fingerprint density at radius 2 is 1.56 bits per heavy atom. The van der Waals surface area contributed by atoms with Crippen molar-refractivity contribution in [2.24, 2.45) is 5.10 Å². The second-order valence-corrected chi connectivity index (χ2v) is 10.9. The number of rotatable bonds is 10. The lowest BCUT2D eigenvalue weighted by Crippen LogP contribution is -2.40. The Hall–Kier alpha value is -4.35. The lowest BCUT2D eigenvalue weighted by Gasteiger charge is -2.25. The Labute approximate surface area is 239 Å². The van der Waals surface area contributed by atoms with Gasteiger partial charge in [0.25, 0.3) is 15.9 Å². The molecule has 0 aliphatic rings. The van der Waals surface area contributed by atoms with Gasteiger partial charge in [-0.2, -0.15) is 18.3 Å². The predicted octanol–water partition coefficient (Wildman–Crippen LogP) is 6.28. The Morgan fingerprint density at radius 3 is 2.24 bits per heavy atom. The van der Waals surface area contributed by atoms with Crippen molar-refractivity contribution < 1.29 is 31.1 Å². The highest BCUT2D eigenvalue weighted by molar-refractivity contribution is 7.92. The standard InChI is InChI=1S/C29H23ClF3N3O4S/c30-25-16-15-23(29(31,32)33)17-26(25)36(41(38,39)24-12-5-2-6-13-24)19-28(37)35-34-18-22-11-7-8-14-27(22)40-20-21-9-3-1-4-10-21/h1-18H,19-20H2,(H,35,37)/b34-18+. The third kappa shape index (κ3) is 7.65. The number of alkyl halides is 3. The number of para-hydroxylation sites is 1. The summed E-state index contributed by atoms with van der Waals surface area (Å²) in [5.74, 6) is -0.435. The summed E-state index contributed by atoms with van der Waals surface area (Å²) in [6, 6.07) is 25.6. The van der Waals surface area contributed by atoms with Crippen LogP contribution in [0.2, 0.25) is 5.02 Å². The quantitative estimate of drug-likeness (QED) is 0.171. The number of ether oxygens (including phenoxy) is 1. The molecule has 4 aromatic rings. The zero-order valence-corrected chi connectivity index (χ0v) is 22.8. The average Bonchev–Trinajstić information content (AvgIpc) is 2.96. The van der Waals surface area contributed by atoms with E-state index < -0.39 is 39.9 Å². The van der Waals surface area contributed by atoms with Crippen LogP contribution in [0.3, 0.4) is 0 Å². The van der Waals surface area contributed by atoms with Gasteiger partial charge in [0.1, 0.15) is 18.9 Å². The van der Waals surface area contributed by atoms with Gasteiger partial charge in [-0.1, -0.05) is 72.3 Å². The minimum Gasteiger partial charge on any atom is -0.488 e. The Balaban J connectivity index is 1.56. The van der Waals surface area contributed by atoms with Crippen molar-refractivity contribution in [2.75, 3.05) is 10.8 Å². The maximum atomic E-state index is 13.5. The number of anilines is 1. The molecule has 0 saturated heterocycles. The van der Waals surface area contributed by atoms with Gasteiger partial charge in [-0.3, -0.25) is 9.10 Å². The lowest BCUT2D eigenvalue weighted by molar-refractivity contribution is -0.137. The van der Waals surface area contributed by atoms with Crippen molar-refractivity contribution >= 4 is 39.4 Å². The number of benzene rings is 4. The summed E-state index contributed by atoms with van der Waals surface area (Å²) in [7, 11) is -4.50. The molecule has 1 N–H and O–H groups in total. The first kappa shape index (κ1) is 29.6. The van der Waals surface area contributed by atoms with E-state index in [0.29, 0.717) is 28.3 Å². The fraction of sp³-hybridized carbons (Fsp3) is 0.103. The van der Waals surface area contributed by atoms with E-state index in [1.807, 2.05) is 30.3 Å². The first-order chi connectivity index (χ1) is 19.6. The molecule has 0 aliphatic carbocycles. The van der Waals surface area contributed by atoms with E-state index in [2.05, 4.69) is 10.5 Å². The zero-order valence-electron chi connectivity index (χ0n) is 21.3. The molecule has 0 unspecified atom stereocenters. The molecule has 0 heterocycles. The summed E-state index contributed by atoms with van der Waals surface area (Å²) in [4.78, 5) is 12.6. The molecule has 4 rings (SSSR count). The monoisotopic (exact) mass is 601 g/mol. The summed E-state index contributed by atoms with van der Waals surface area (Å²) in [5, 5.41) is 3.61. The van der Waals surface area contributed by atoms with Gasteiger partial charge < -0.3 is 4.74 Å². The summed E-state index contributed by atoms with van der Waals surface area (Å²) < 4.78 is 73.6. The van der Waals surface area contributed by atoms with Crippen LogP contribution in [-0.2, 0) is 27.6 Å². The topological polar surface area (TPSA) is 88.1 Å². The van der Waals surface area contributed by atoms with E-state index in [4.69, 9.17) is 16.3 Å². The highest BCUT2D eigenvalue weighted by Gasteiger charge is 2.34. The number of nitrogens with zero attached hydrogens (tertiary/aromatic N) is 2. The maximum Gasteiger partial charge on any atom is 0.416 e. The molecule has 12 heteroatoms. The number of carbonyl (C=O) groups excluding carboxylic acids is 1. The second kappa shape index (κ2) is 12.9. The van der Waals surface area contributed by atoms with Gasteiger partial charge in [0.2, 0.25) is 0 Å². The Kier molecular flexibility index (Phi) is 9.31. The summed E-state index contributed by atoms with van der Waals surface area (Å²) in [6.45, 7) is -0.607. The second-order valence-electron chi connectivity index (χ2n) is 8.59. The third-order valence-electron chi connectivity index (χ3n) is 5.71. The number of halogens is 4. The normalized spacial score (nSPS) is 11.8. The maximum absolute atomic E-state index is 13.5. The van der Waals surface area contributed by atoms with Gasteiger partial charge in [0.15, 0.2) is 0 Å². The van der Waals surface area contributed by atoms with Gasteiger partial charge >= 0.3 is 6.18 Å². The highest BCUT2D eigenvalue weighted by Crippen LogP contribution is 2.37. The molecule has 212 valence electrons. The third-order valence-corrected chi connectivity index (χ3v) is 7.80. The fourth-order valence-corrected chi connectivity index (χ4v) is 5.42. The van der Waals surface area contributed by atoms with Crippen molar-refractivity contribution in [3.05, 3.63) is 125 Å². The molecule has 0 aliphatic heterocycles. The largest absolute Gasteiger partial charge is 0.488 e. The summed E-state index contributed by atoms with van der Waals surface area (Å²) in [6.07, 6.45) is -3.46. The number of nitrogens with one attached hydrogen (secondary N) is 1. The van der Waals surface area contributed by atoms with Crippen LogP contribution in [0.5, 0.6) is 5.75 Å². The predicted molar refractivity (Wildman–Crippen MR) is 150 cm³/mol. The first-order valence-corrected chi connectivity index (χ1v) is 13.9. The van der Waals surface area contributed by atoms with Crippen LogP contribution < -0.4 is 14.5 Å². The van der Waals surface area contributed by atoms with Crippen LogP contribution in [0.1, 0.15) is 16.7 Å². The van der Waals surface area contributed by atoms with Gasteiger partial charge in [-0.15, -0.1) is 0 Å². The van der Waals surface area contributed by atoms with Crippen molar-refractivity contribution in [3.63, 3.8) is 0 Å². The molecular formula is C29H23ClF3N3O4S. The fourth-order valence-electron chi connectivity index (χ4n) is 3.69. The van der Waals surface area contributed by atoms with Gasteiger partial charge in [-0.05, 0) is 48.0 Å². The minimum atomic E-state index is -4.77. The zero-order chi connectivity index (χ0) is 29.5. The Morgan fingerprint density at radius 1 is 0.927 bits per heavy atom. The van der Waals surface area contributed by atoms with Crippen LogP contribution >= 0.6 is 11.6 Å². The molecule has 0 spiro atoms. The van der Waals surface area contributed by atoms with Crippen molar-refractivity contribution in [1.82, 2.24) is 5.43 Å². The molecule has 0 bridgehead atoms. The van der Waals surface area contributed by atoms with Crippen LogP contribution in [0.15, 0.2) is 113 Å². The van der Waals surface area contributed by atoms with E-state index >= 15 is 0 Å². The van der Waals surface area contributed by atoms with Gasteiger partial charge in [0, 0.05) is 5.56 Å². The average molecular weight is 602 g/mol. The van der Waals surface area contributed by atoms with Crippen molar-refractivity contribution in [3.8, 4) is 5.75 Å². The van der Waals surface area contributed by atoms with Gasteiger partial charge in [0.05, 0.1) is 27.4 Å². The molecule has 7 nitrogen and oxygen atoms in total. The van der Waals surface area contributed by atoms with Crippen LogP contribution in [0, 0.1) is 0 Å². The minimum absolute atomic E-state index is 0.241. The SMILES string of the molecule is O=C(CN(c1cc(C(F)(F)F)ccc1Cl)S(=O)(=O)c1ccccc1)N/N=C/c1ccccc1OCc1ccccc1. The van der Waals surface area contributed by atoms with E-state index in [1.54, 1.807) is 30.3 Å². The molecule has 0 aromatic heterocycles. The van der Waals surface area contributed by atoms with E-state index in [0.717, 1.165) is 17.7 Å². The number of hydrogen-bond acceptors (Lipinski definition) is 5. The van der Waals surface area contributed by atoms with Crippen LogP contribution in [0.25, 0.3) is 0 Å². The molecule has 41 heavy (non-hydrogen) atoms. The molecule has 0 atom stereocenters. The van der Waals surface area contributed by atoms with Crippen LogP contribution in [0.4, 0.5) is 18.9 Å². The molecule has 0 radical (unpaired) electrons.